The number of rotatable bonds is 3. The van der Waals surface area contributed by atoms with Crippen LogP contribution in [-0.2, 0) is 20.5 Å². The third-order valence-corrected chi connectivity index (χ3v) is 2.67. The number of amides is 1. The minimum atomic E-state index is -0.282. The zero-order valence-corrected chi connectivity index (χ0v) is 10.6. The summed E-state index contributed by atoms with van der Waals surface area (Å²) in [6.45, 7) is 1.95. The van der Waals surface area contributed by atoms with Gasteiger partial charge in [0, 0.05) is 20.3 Å². The summed E-state index contributed by atoms with van der Waals surface area (Å²) in [4.78, 5) is 12.1. The maximum Gasteiger partial charge on any atom is 0.276 e. The molecule has 0 fully saturated rings. The summed E-state index contributed by atoms with van der Waals surface area (Å²) in [6, 6.07) is 0. The molecular formula is C11H16N6O. The highest BCUT2D eigenvalue weighted by molar-refractivity contribution is 6.06. The first kappa shape index (κ1) is 12.2. The average Bonchev–Trinajstić information content (AvgIpc) is 2.83. The number of hydrogen-bond acceptors (Lipinski definition) is 4. The predicted molar refractivity (Wildman–Crippen MR) is 68.2 cm³/mol. The number of aryl methyl sites for hydroxylation is 3. The highest BCUT2D eigenvalue weighted by Gasteiger charge is 2.19. The first-order valence-electron chi connectivity index (χ1n) is 5.64. The van der Waals surface area contributed by atoms with Crippen LogP contribution >= 0.6 is 0 Å². The van der Waals surface area contributed by atoms with Gasteiger partial charge in [0.25, 0.3) is 5.91 Å². The number of aromatic nitrogens is 4. The smallest absolute Gasteiger partial charge is 0.276 e. The van der Waals surface area contributed by atoms with Crippen molar-refractivity contribution in [1.29, 1.82) is 0 Å². The highest BCUT2D eigenvalue weighted by Crippen LogP contribution is 2.18. The van der Waals surface area contributed by atoms with E-state index in [1.165, 1.54) is 4.68 Å². The molecule has 2 rings (SSSR count). The number of nitrogens with two attached hydrogens (primary N) is 1. The molecule has 0 aliphatic carbocycles. The SMILES string of the molecule is CCc1nn(C)c(C(=O)Nc2cnn(C)c2)c1N. The Morgan fingerprint density at radius 1 is 1.50 bits per heavy atom. The van der Waals surface area contributed by atoms with E-state index in [9.17, 15) is 4.79 Å². The van der Waals surface area contributed by atoms with E-state index in [4.69, 9.17) is 5.73 Å². The lowest BCUT2D eigenvalue weighted by Crippen LogP contribution is -2.17. The molecule has 0 aliphatic rings. The van der Waals surface area contributed by atoms with E-state index in [1.54, 1.807) is 31.2 Å². The van der Waals surface area contributed by atoms with E-state index >= 15 is 0 Å². The monoisotopic (exact) mass is 248 g/mol. The summed E-state index contributed by atoms with van der Waals surface area (Å²) in [5.74, 6) is -0.282. The number of nitrogens with zero attached hydrogens (tertiary/aromatic N) is 4. The van der Waals surface area contributed by atoms with E-state index in [0.29, 0.717) is 23.5 Å². The Morgan fingerprint density at radius 2 is 2.22 bits per heavy atom. The van der Waals surface area contributed by atoms with Crippen molar-refractivity contribution in [3.8, 4) is 0 Å². The van der Waals surface area contributed by atoms with Crippen molar-refractivity contribution < 1.29 is 4.79 Å². The van der Waals surface area contributed by atoms with Crippen LogP contribution in [0.15, 0.2) is 12.4 Å². The van der Waals surface area contributed by atoms with Gasteiger partial charge in [0.2, 0.25) is 0 Å². The molecule has 1 amide bonds. The molecule has 0 saturated carbocycles. The molecule has 0 aliphatic heterocycles. The lowest BCUT2D eigenvalue weighted by molar-refractivity contribution is 0.101. The number of carbonyl (C=O) groups excluding carboxylic acids is 1. The van der Waals surface area contributed by atoms with Crippen molar-refractivity contribution in [3.05, 3.63) is 23.8 Å². The molecule has 96 valence electrons. The van der Waals surface area contributed by atoms with Crippen molar-refractivity contribution in [2.75, 3.05) is 11.1 Å². The predicted octanol–water partition coefficient (Wildman–Crippen LogP) is 0.550. The summed E-state index contributed by atoms with van der Waals surface area (Å²) in [5, 5.41) is 10.9. The third kappa shape index (κ3) is 2.06. The van der Waals surface area contributed by atoms with Gasteiger partial charge in [-0.05, 0) is 6.42 Å². The molecule has 0 atom stereocenters. The molecule has 0 unspecified atom stereocenters. The number of hydrogen-bond donors (Lipinski definition) is 2. The van der Waals surface area contributed by atoms with Gasteiger partial charge < -0.3 is 11.1 Å². The lowest BCUT2D eigenvalue weighted by atomic mass is 10.2. The lowest BCUT2D eigenvalue weighted by Gasteiger charge is -2.03. The molecule has 18 heavy (non-hydrogen) atoms. The largest absolute Gasteiger partial charge is 0.395 e. The Labute approximate surface area is 105 Å². The maximum absolute atomic E-state index is 12.1. The Bertz CT molecular complexity index is 582. The molecule has 2 aromatic heterocycles. The van der Waals surface area contributed by atoms with Crippen LogP contribution in [0, 0.1) is 0 Å². The average molecular weight is 248 g/mol. The van der Waals surface area contributed by atoms with E-state index in [-0.39, 0.29) is 5.91 Å². The molecule has 7 heteroatoms. The Morgan fingerprint density at radius 3 is 2.72 bits per heavy atom. The van der Waals surface area contributed by atoms with Crippen LogP contribution < -0.4 is 11.1 Å². The van der Waals surface area contributed by atoms with E-state index in [2.05, 4.69) is 15.5 Å². The zero-order chi connectivity index (χ0) is 13.3. The van der Waals surface area contributed by atoms with E-state index in [0.717, 1.165) is 5.69 Å². The number of nitrogen functional groups attached to an aromatic ring is 1. The van der Waals surface area contributed by atoms with Crippen LogP contribution in [0.3, 0.4) is 0 Å². The number of anilines is 2. The van der Waals surface area contributed by atoms with Gasteiger partial charge in [0.15, 0.2) is 0 Å². The minimum Gasteiger partial charge on any atom is -0.395 e. The second-order valence-electron chi connectivity index (χ2n) is 4.04. The Balaban J connectivity index is 2.26. The summed E-state index contributed by atoms with van der Waals surface area (Å²) in [5.41, 5.74) is 8.07. The Hall–Kier alpha value is -2.31. The summed E-state index contributed by atoms with van der Waals surface area (Å²) in [7, 11) is 3.48. The molecule has 2 aromatic rings. The van der Waals surface area contributed by atoms with Gasteiger partial charge in [0.05, 0.1) is 23.3 Å². The molecule has 3 N–H and O–H groups in total. The summed E-state index contributed by atoms with van der Waals surface area (Å²) < 4.78 is 3.11. The minimum absolute atomic E-state index is 0.282. The van der Waals surface area contributed by atoms with Crippen LogP contribution in [0.2, 0.25) is 0 Å². The van der Waals surface area contributed by atoms with Crippen LogP contribution in [0.4, 0.5) is 11.4 Å². The van der Waals surface area contributed by atoms with Crippen molar-refractivity contribution in [2.24, 2.45) is 14.1 Å². The van der Waals surface area contributed by atoms with Gasteiger partial charge >= 0.3 is 0 Å². The van der Waals surface area contributed by atoms with Gasteiger partial charge in [-0.1, -0.05) is 6.92 Å². The molecule has 0 spiro atoms. The van der Waals surface area contributed by atoms with Gasteiger partial charge in [-0.15, -0.1) is 0 Å². The number of carbonyl (C=O) groups is 1. The zero-order valence-electron chi connectivity index (χ0n) is 10.6. The van der Waals surface area contributed by atoms with Crippen LogP contribution in [0.25, 0.3) is 0 Å². The standard InChI is InChI=1S/C11H16N6O/c1-4-8-9(12)10(17(3)15-8)11(18)14-7-5-13-16(2)6-7/h5-6H,4,12H2,1-3H3,(H,14,18). The molecule has 0 aromatic carbocycles. The second kappa shape index (κ2) is 4.52. The van der Waals surface area contributed by atoms with Gasteiger partial charge in [-0.3, -0.25) is 14.2 Å². The van der Waals surface area contributed by atoms with E-state index < -0.39 is 0 Å². The summed E-state index contributed by atoms with van der Waals surface area (Å²) in [6.07, 6.45) is 3.98. The molecule has 0 saturated heterocycles. The fraction of sp³-hybridized carbons (Fsp3) is 0.364. The number of nitrogens with one attached hydrogen (secondary N) is 1. The third-order valence-electron chi connectivity index (χ3n) is 2.67. The fourth-order valence-corrected chi connectivity index (χ4v) is 1.80. The highest BCUT2D eigenvalue weighted by atomic mass is 16.2. The fourth-order valence-electron chi connectivity index (χ4n) is 1.80. The van der Waals surface area contributed by atoms with Crippen molar-refractivity contribution in [2.45, 2.75) is 13.3 Å². The van der Waals surface area contributed by atoms with Crippen LogP contribution in [-0.4, -0.2) is 25.5 Å². The van der Waals surface area contributed by atoms with Crippen molar-refractivity contribution >= 4 is 17.3 Å². The van der Waals surface area contributed by atoms with Gasteiger partial charge in [0.1, 0.15) is 5.69 Å². The maximum atomic E-state index is 12.1. The first-order chi connectivity index (χ1) is 8.52. The van der Waals surface area contributed by atoms with Crippen molar-refractivity contribution in [1.82, 2.24) is 19.6 Å². The summed E-state index contributed by atoms with van der Waals surface area (Å²) >= 11 is 0. The van der Waals surface area contributed by atoms with E-state index in [1.807, 2.05) is 6.92 Å². The first-order valence-corrected chi connectivity index (χ1v) is 5.64. The van der Waals surface area contributed by atoms with Crippen LogP contribution in [0.1, 0.15) is 23.1 Å². The Kier molecular flexibility index (Phi) is 3.05. The second-order valence-corrected chi connectivity index (χ2v) is 4.04. The van der Waals surface area contributed by atoms with Crippen LogP contribution in [0.5, 0.6) is 0 Å². The topological polar surface area (TPSA) is 90.8 Å². The van der Waals surface area contributed by atoms with Crippen molar-refractivity contribution in [3.63, 3.8) is 0 Å². The molecule has 7 nitrogen and oxygen atoms in total. The quantitative estimate of drug-likeness (QED) is 0.830. The molecule has 2 heterocycles. The normalized spacial score (nSPS) is 10.6. The molecule has 0 bridgehead atoms. The van der Waals surface area contributed by atoms with Gasteiger partial charge in [-0.2, -0.15) is 10.2 Å². The molecular weight excluding hydrogens is 232 g/mol. The molecule has 0 radical (unpaired) electrons. The van der Waals surface area contributed by atoms with Gasteiger partial charge in [-0.25, -0.2) is 0 Å².